The van der Waals surface area contributed by atoms with Crippen LogP contribution < -0.4 is 10.6 Å². The van der Waals surface area contributed by atoms with E-state index in [4.69, 9.17) is 0 Å². The Balaban J connectivity index is 1.42. The maximum atomic E-state index is 13.9. The molecule has 32 heavy (non-hydrogen) atoms. The molecule has 1 aliphatic carbocycles. The van der Waals surface area contributed by atoms with E-state index >= 15 is 0 Å². The number of nitrogens with zero attached hydrogens (tertiary/aromatic N) is 1. The molecule has 0 bridgehead atoms. The van der Waals surface area contributed by atoms with Crippen molar-refractivity contribution in [2.45, 2.75) is 45.4 Å². The second-order valence-electron chi connectivity index (χ2n) is 8.40. The molecule has 3 N–H and O–H groups in total. The van der Waals surface area contributed by atoms with E-state index in [1.54, 1.807) is 24.3 Å². The van der Waals surface area contributed by atoms with Gasteiger partial charge in [-0.3, -0.25) is 14.7 Å². The number of hydrogen-bond acceptors (Lipinski definition) is 3. The number of benzene rings is 2. The minimum absolute atomic E-state index is 0.0521. The highest BCUT2D eigenvalue weighted by molar-refractivity contribution is 6.07. The number of hydrogen-bond donors (Lipinski definition) is 3. The normalized spacial score (nSPS) is 14.2. The lowest BCUT2D eigenvalue weighted by atomic mass is 9.86. The second-order valence-corrected chi connectivity index (χ2v) is 8.40. The van der Waals surface area contributed by atoms with E-state index in [-0.39, 0.29) is 11.5 Å². The molecule has 1 aliphatic rings. The topological polar surface area (TPSA) is 86.9 Å². The second kappa shape index (κ2) is 9.77. The van der Waals surface area contributed by atoms with Crippen LogP contribution in [0.4, 0.5) is 15.9 Å². The molecule has 1 heterocycles. The van der Waals surface area contributed by atoms with Gasteiger partial charge in [0.15, 0.2) is 5.82 Å². The molecule has 0 radical (unpaired) electrons. The van der Waals surface area contributed by atoms with Gasteiger partial charge in [0, 0.05) is 23.0 Å². The Morgan fingerprint density at radius 1 is 1.03 bits per heavy atom. The maximum absolute atomic E-state index is 13.9. The first-order valence-corrected chi connectivity index (χ1v) is 11.0. The number of aromatic nitrogens is 2. The molecule has 3 aromatic rings. The summed E-state index contributed by atoms with van der Waals surface area (Å²) in [6.45, 7) is 1.81. The van der Waals surface area contributed by atoms with Crippen molar-refractivity contribution in [3.05, 3.63) is 76.7 Å². The Hall–Kier alpha value is -3.48. The quantitative estimate of drug-likeness (QED) is 0.480. The smallest absolute Gasteiger partial charge is 0.258 e. The van der Waals surface area contributed by atoms with Crippen LogP contribution in [0.25, 0.3) is 0 Å². The third-order valence-corrected chi connectivity index (χ3v) is 5.97. The van der Waals surface area contributed by atoms with Crippen molar-refractivity contribution in [2.24, 2.45) is 5.92 Å². The van der Waals surface area contributed by atoms with E-state index in [1.807, 2.05) is 13.0 Å². The lowest BCUT2D eigenvalue weighted by molar-refractivity contribution is 0.101. The zero-order valence-electron chi connectivity index (χ0n) is 18.1. The highest BCUT2D eigenvalue weighted by atomic mass is 19.1. The number of nitrogens with one attached hydrogen (secondary N) is 3. The van der Waals surface area contributed by atoms with Gasteiger partial charge in [0.05, 0.1) is 5.56 Å². The Labute approximate surface area is 186 Å². The van der Waals surface area contributed by atoms with Crippen LogP contribution in [-0.2, 0) is 6.42 Å². The van der Waals surface area contributed by atoms with Crippen molar-refractivity contribution in [3.63, 3.8) is 0 Å². The summed E-state index contributed by atoms with van der Waals surface area (Å²) in [6.07, 6.45) is 7.31. The van der Waals surface area contributed by atoms with Crippen molar-refractivity contribution in [1.82, 2.24) is 10.2 Å². The van der Waals surface area contributed by atoms with Crippen molar-refractivity contribution in [3.8, 4) is 0 Å². The number of amides is 2. The van der Waals surface area contributed by atoms with Gasteiger partial charge in [0.1, 0.15) is 5.82 Å². The van der Waals surface area contributed by atoms with Crippen LogP contribution in [0.5, 0.6) is 0 Å². The number of aryl methyl sites for hydroxylation is 1. The molecule has 0 atom stereocenters. The number of anilines is 2. The highest BCUT2D eigenvalue weighted by Crippen LogP contribution is 2.27. The fourth-order valence-electron chi connectivity index (χ4n) is 4.15. The molecule has 2 amide bonds. The SMILES string of the molecule is Cc1ccc(C(=O)Nc2cc(CC3CCCCC3)[nH]n2)cc1NC(=O)c1ccccc1F. The fourth-order valence-corrected chi connectivity index (χ4v) is 4.15. The maximum Gasteiger partial charge on any atom is 0.258 e. The van der Waals surface area contributed by atoms with Crippen LogP contribution in [0.3, 0.4) is 0 Å². The van der Waals surface area contributed by atoms with Crippen molar-refractivity contribution >= 4 is 23.3 Å². The Bertz CT molecular complexity index is 1120. The predicted octanol–water partition coefficient (Wildman–Crippen LogP) is 5.48. The predicted molar refractivity (Wildman–Crippen MR) is 122 cm³/mol. The summed E-state index contributed by atoms with van der Waals surface area (Å²) in [5.74, 6) is -0.353. The molecular formula is C25H27FN4O2. The number of halogens is 1. The van der Waals surface area contributed by atoms with E-state index in [0.717, 1.165) is 17.7 Å². The van der Waals surface area contributed by atoms with Gasteiger partial charge in [-0.05, 0) is 49.1 Å². The first kappa shape index (κ1) is 21.7. The summed E-state index contributed by atoms with van der Waals surface area (Å²) in [6, 6.07) is 12.7. The van der Waals surface area contributed by atoms with Gasteiger partial charge in [0.2, 0.25) is 0 Å². The van der Waals surface area contributed by atoms with Gasteiger partial charge in [-0.15, -0.1) is 0 Å². The average molecular weight is 435 g/mol. The van der Waals surface area contributed by atoms with Crippen molar-refractivity contribution in [1.29, 1.82) is 0 Å². The molecule has 1 saturated carbocycles. The fraction of sp³-hybridized carbons (Fsp3) is 0.320. The number of carbonyl (C=O) groups is 2. The lowest BCUT2D eigenvalue weighted by Crippen LogP contribution is -2.16. The van der Waals surface area contributed by atoms with E-state index in [0.29, 0.717) is 23.0 Å². The van der Waals surface area contributed by atoms with Crippen molar-refractivity contribution < 1.29 is 14.0 Å². The molecule has 1 fully saturated rings. The molecule has 0 saturated heterocycles. The Morgan fingerprint density at radius 3 is 2.59 bits per heavy atom. The lowest BCUT2D eigenvalue weighted by Gasteiger charge is -2.20. The average Bonchev–Trinajstić information content (AvgIpc) is 3.22. The number of rotatable bonds is 6. The van der Waals surface area contributed by atoms with Gasteiger partial charge in [-0.2, -0.15) is 5.10 Å². The molecule has 1 aromatic heterocycles. The summed E-state index contributed by atoms with van der Waals surface area (Å²) < 4.78 is 13.9. The van der Waals surface area contributed by atoms with E-state index in [9.17, 15) is 14.0 Å². The first-order valence-electron chi connectivity index (χ1n) is 11.0. The number of carbonyl (C=O) groups excluding carboxylic acids is 2. The highest BCUT2D eigenvalue weighted by Gasteiger charge is 2.17. The largest absolute Gasteiger partial charge is 0.322 e. The summed E-state index contributed by atoms with van der Waals surface area (Å²) in [4.78, 5) is 25.2. The third kappa shape index (κ3) is 5.22. The van der Waals surface area contributed by atoms with E-state index < -0.39 is 11.7 Å². The monoisotopic (exact) mass is 434 g/mol. The van der Waals surface area contributed by atoms with Crippen LogP contribution in [0.2, 0.25) is 0 Å². The van der Waals surface area contributed by atoms with Crippen LogP contribution >= 0.6 is 0 Å². The van der Waals surface area contributed by atoms with Gasteiger partial charge >= 0.3 is 0 Å². The molecule has 2 aromatic carbocycles. The standard InChI is InChI=1S/C25H27FN4O2/c1-16-11-12-18(14-22(16)27-25(32)20-9-5-6-10-21(20)26)24(31)28-23-15-19(29-30-23)13-17-7-3-2-4-8-17/h5-6,9-12,14-15,17H,2-4,7-8,13H2,1H3,(H,27,32)(H2,28,29,30,31). The molecular weight excluding hydrogens is 407 g/mol. The van der Waals surface area contributed by atoms with Crippen LogP contribution in [0.15, 0.2) is 48.5 Å². The first-order chi connectivity index (χ1) is 15.5. The van der Waals surface area contributed by atoms with Crippen LogP contribution in [0.1, 0.15) is 64.1 Å². The zero-order valence-corrected chi connectivity index (χ0v) is 18.1. The summed E-state index contributed by atoms with van der Waals surface area (Å²) in [5.41, 5.74) is 2.56. The minimum atomic E-state index is -0.598. The molecule has 4 rings (SSSR count). The molecule has 0 aliphatic heterocycles. The third-order valence-electron chi connectivity index (χ3n) is 5.97. The molecule has 7 heteroatoms. The van der Waals surface area contributed by atoms with Crippen LogP contribution in [0, 0.1) is 18.7 Å². The van der Waals surface area contributed by atoms with E-state index in [1.165, 1.54) is 50.3 Å². The minimum Gasteiger partial charge on any atom is -0.322 e. The Morgan fingerprint density at radius 2 is 1.81 bits per heavy atom. The van der Waals surface area contributed by atoms with Crippen LogP contribution in [-0.4, -0.2) is 22.0 Å². The summed E-state index contributed by atoms with van der Waals surface area (Å²) >= 11 is 0. The summed E-state index contributed by atoms with van der Waals surface area (Å²) in [5, 5.41) is 12.7. The van der Waals surface area contributed by atoms with Crippen molar-refractivity contribution in [2.75, 3.05) is 10.6 Å². The summed E-state index contributed by atoms with van der Waals surface area (Å²) in [7, 11) is 0. The van der Waals surface area contributed by atoms with Gasteiger partial charge in [-0.25, -0.2) is 4.39 Å². The molecule has 0 unspecified atom stereocenters. The number of aromatic amines is 1. The Kier molecular flexibility index (Phi) is 6.63. The number of H-pyrrole nitrogens is 1. The van der Waals surface area contributed by atoms with Gasteiger partial charge in [-0.1, -0.05) is 50.3 Å². The molecule has 6 nitrogen and oxygen atoms in total. The molecule has 166 valence electrons. The van der Waals surface area contributed by atoms with Gasteiger partial charge in [0.25, 0.3) is 11.8 Å². The van der Waals surface area contributed by atoms with E-state index in [2.05, 4.69) is 20.8 Å². The van der Waals surface area contributed by atoms with Gasteiger partial charge < -0.3 is 10.6 Å². The zero-order chi connectivity index (χ0) is 22.5. The molecule has 0 spiro atoms.